The number of ketones is 1. The van der Waals surface area contributed by atoms with Gasteiger partial charge in [-0.2, -0.15) is 0 Å². The number of rotatable bonds is 8. The van der Waals surface area contributed by atoms with E-state index in [1.165, 1.54) is 16.7 Å². The lowest BCUT2D eigenvalue weighted by atomic mass is 10.0. The van der Waals surface area contributed by atoms with Crippen molar-refractivity contribution in [2.24, 2.45) is 0 Å². The van der Waals surface area contributed by atoms with Crippen LogP contribution in [-0.2, 0) is 11.2 Å². The SMILES string of the molecule is O=C(CCCc1ccc(-c2ccccc2)cc1)NCC(=O)c1cccc(Br)n1. The fourth-order valence-electron chi connectivity index (χ4n) is 2.87. The topological polar surface area (TPSA) is 59.1 Å². The van der Waals surface area contributed by atoms with Gasteiger partial charge in [0.1, 0.15) is 10.3 Å². The highest BCUT2D eigenvalue weighted by Crippen LogP contribution is 2.19. The standard InChI is InChI=1S/C23H21BrN2O2/c24-22-10-5-9-20(26-22)21(27)16-25-23(28)11-4-6-17-12-14-19(15-13-17)18-7-2-1-3-8-18/h1-3,5,7-10,12-15H,4,6,11,16H2,(H,25,28). The fourth-order valence-corrected chi connectivity index (χ4v) is 3.21. The Labute approximate surface area is 173 Å². The van der Waals surface area contributed by atoms with E-state index in [2.05, 4.69) is 62.6 Å². The van der Waals surface area contributed by atoms with Gasteiger partial charge in [0.2, 0.25) is 5.91 Å². The summed E-state index contributed by atoms with van der Waals surface area (Å²) in [7, 11) is 0. The van der Waals surface area contributed by atoms with Crippen molar-refractivity contribution >= 4 is 27.6 Å². The summed E-state index contributed by atoms with van der Waals surface area (Å²) in [6.07, 6.45) is 1.95. The molecular formula is C23H21BrN2O2. The number of nitrogens with zero attached hydrogens (tertiary/aromatic N) is 1. The highest BCUT2D eigenvalue weighted by Gasteiger charge is 2.10. The van der Waals surface area contributed by atoms with Crippen LogP contribution in [0.25, 0.3) is 11.1 Å². The number of aryl methyl sites for hydroxylation is 1. The minimum atomic E-state index is -0.203. The molecule has 0 fully saturated rings. The smallest absolute Gasteiger partial charge is 0.220 e. The van der Waals surface area contributed by atoms with Gasteiger partial charge in [0.25, 0.3) is 0 Å². The first kappa shape index (κ1) is 20.0. The molecule has 0 unspecified atom stereocenters. The van der Waals surface area contributed by atoms with E-state index >= 15 is 0 Å². The zero-order valence-corrected chi connectivity index (χ0v) is 17.0. The largest absolute Gasteiger partial charge is 0.349 e. The third-order valence-corrected chi connectivity index (χ3v) is 4.82. The van der Waals surface area contributed by atoms with Crippen LogP contribution in [0.15, 0.2) is 77.4 Å². The van der Waals surface area contributed by atoms with E-state index < -0.39 is 0 Å². The van der Waals surface area contributed by atoms with Crippen LogP contribution in [0.4, 0.5) is 0 Å². The molecule has 0 saturated heterocycles. The van der Waals surface area contributed by atoms with E-state index in [9.17, 15) is 9.59 Å². The highest BCUT2D eigenvalue weighted by atomic mass is 79.9. The van der Waals surface area contributed by atoms with Crippen LogP contribution < -0.4 is 5.32 Å². The van der Waals surface area contributed by atoms with Gasteiger partial charge >= 0.3 is 0 Å². The van der Waals surface area contributed by atoms with Crippen LogP contribution in [0.2, 0.25) is 0 Å². The summed E-state index contributed by atoms with van der Waals surface area (Å²) in [6, 6.07) is 23.8. The number of pyridine rings is 1. The van der Waals surface area contributed by atoms with Gasteiger partial charge < -0.3 is 5.32 Å². The zero-order chi connectivity index (χ0) is 19.8. The minimum absolute atomic E-state index is 0.0337. The number of carbonyl (C=O) groups excluding carboxylic acids is 2. The van der Waals surface area contributed by atoms with Crippen LogP contribution in [0.5, 0.6) is 0 Å². The van der Waals surface area contributed by atoms with E-state index in [4.69, 9.17) is 0 Å². The van der Waals surface area contributed by atoms with Crippen molar-refractivity contribution in [3.8, 4) is 11.1 Å². The van der Waals surface area contributed by atoms with Gasteiger partial charge in [0.05, 0.1) is 6.54 Å². The molecule has 5 heteroatoms. The summed E-state index contributed by atoms with van der Waals surface area (Å²) in [5.74, 6) is -0.324. The van der Waals surface area contributed by atoms with E-state index in [0.29, 0.717) is 16.7 Å². The molecule has 0 radical (unpaired) electrons. The van der Waals surface area contributed by atoms with Crippen molar-refractivity contribution in [2.45, 2.75) is 19.3 Å². The zero-order valence-electron chi connectivity index (χ0n) is 15.4. The molecule has 0 aliphatic carbocycles. The molecule has 0 atom stereocenters. The second kappa shape index (κ2) is 9.95. The molecule has 1 amide bonds. The molecule has 4 nitrogen and oxygen atoms in total. The number of halogens is 1. The third kappa shape index (κ3) is 5.86. The maximum Gasteiger partial charge on any atom is 0.220 e. The van der Waals surface area contributed by atoms with Gasteiger partial charge in [0.15, 0.2) is 5.78 Å². The number of hydrogen-bond acceptors (Lipinski definition) is 3. The fraction of sp³-hybridized carbons (Fsp3) is 0.174. The molecule has 2 aromatic carbocycles. The average Bonchev–Trinajstić information content (AvgIpc) is 2.73. The molecule has 1 heterocycles. The molecule has 3 rings (SSSR count). The lowest BCUT2D eigenvalue weighted by Gasteiger charge is -2.06. The van der Waals surface area contributed by atoms with Crippen molar-refractivity contribution in [3.63, 3.8) is 0 Å². The lowest BCUT2D eigenvalue weighted by molar-refractivity contribution is -0.121. The Balaban J connectivity index is 1.41. The minimum Gasteiger partial charge on any atom is -0.349 e. The molecule has 0 aliphatic heterocycles. The van der Waals surface area contributed by atoms with Crippen LogP contribution in [0.3, 0.4) is 0 Å². The number of carbonyl (C=O) groups is 2. The maximum atomic E-state index is 12.0. The molecular weight excluding hydrogens is 416 g/mol. The van der Waals surface area contributed by atoms with Crippen LogP contribution >= 0.6 is 15.9 Å². The van der Waals surface area contributed by atoms with Crippen molar-refractivity contribution < 1.29 is 9.59 Å². The van der Waals surface area contributed by atoms with Crippen molar-refractivity contribution in [3.05, 3.63) is 88.7 Å². The number of amides is 1. The second-order valence-electron chi connectivity index (χ2n) is 6.46. The van der Waals surface area contributed by atoms with E-state index in [1.54, 1.807) is 18.2 Å². The van der Waals surface area contributed by atoms with Gasteiger partial charge in [-0.1, -0.05) is 60.7 Å². The molecule has 0 bridgehead atoms. The molecule has 0 spiro atoms. The van der Waals surface area contributed by atoms with Gasteiger partial charge in [0, 0.05) is 6.42 Å². The van der Waals surface area contributed by atoms with Crippen molar-refractivity contribution in [2.75, 3.05) is 6.54 Å². The second-order valence-corrected chi connectivity index (χ2v) is 7.27. The van der Waals surface area contributed by atoms with E-state index in [-0.39, 0.29) is 18.2 Å². The van der Waals surface area contributed by atoms with Crippen molar-refractivity contribution in [1.82, 2.24) is 10.3 Å². The summed E-state index contributed by atoms with van der Waals surface area (Å²) >= 11 is 3.23. The Hall–Kier alpha value is -2.79. The first-order valence-electron chi connectivity index (χ1n) is 9.18. The molecule has 0 aliphatic rings. The molecule has 1 N–H and O–H groups in total. The Morgan fingerprint density at radius 3 is 2.29 bits per heavy atom. The average molecular weight is 437 g/mol. The Morgan fingerprint density at radius 1 is 0.857 bits per heavy atom. The normalized spacial score (nSPS) is 10.5. The van der Waals surface area contributed by atoms with Gasteiger partial charge in [-0.3, -0.25) is 9.59 Å². The van der Waals surface area contributed by atoms with E-state index in [1.807, 2.05) is 18.2 Å². The Morgan fingerprint density at radius 2 is 1.57 bits per heavy atom. The first-order valence-corrected chi connectivity index (χ1v) is 9.98. The summed E-state index contributed by atoms with van der Waals surface area (Å²) < 4.78 is 0.600. The first-order chi connectivity index (χ1) is 13.6. The summed E-state index contributed by atoms with van der Waals surface area (Å²) in [4.78, 5) is 28.1. The molecule has 28 heavy (non-hydrogen) atoms. The Bertz CT molecular complexity index is 940. The van der Waals surface area contributed by atoms with Gasteiger partial charge in [-0.15, -0.1) is 0 Å². The summed E-state index contributed by atoms with van der Waals surface area (Å²) in [6.45, 7) is -0.0337. The van der Waals surface area contributed by atoms with Crippen LogP contribution in [0, 0.1) is 0 Å². The van der Waals surface area contributed by atoms with Crippen molar-refractivity contribution in [1.29, 1.82) is 0 Å². The van der Waals surface area contributed by atoms with E-state index in [0.717, 1.165) is 12.8 Å². The number of benzene rings is 2. The number of Topliss-reactive ketones (excluding diaryl/α,β-unsaturated/α-hetero) is 1. The summed E-state index contributed by atoms with van der Waals surface area (Å²) in [5.41, 5.74) is 3.91. The maximum absolute atomic E-state index is 12.0. The molecule has 142 valence electrons. The van der Waals surface area contributed by atoms with Crippen LogP contribution in [0.1, 0.15) is 28.9 Å². The predicted octanol–water partition coefficient (Wildman–Crippen LogP) is 4.83. The molecule has 0 saturated carbocycles. The molecule has 1 aromatic heterocycles. The summed E-state index contributed by atoms with van der Waals surface area (Å²) in [5, 5.41) is 2.67. The van der Waals surface area contributed by atoms with Crippen LogP contribution in [-0.4, -0.2) is 23.2 Å². The van der Waals surface area contributed by atoms with Gasteiger partial charge in [-0.25, -0.2) is 4.98 Å². The lowest BCUT2D eigenvalue weighted by Crippen LogP contribution is -2.29. The third-order valence-electron chi connectivity index (χ3n) is 4.38. The number of hydrogen-bond donors (Lipinski definition) is 1. The molecule has 3 aromatic rings. The predicted molar refractivity (Wildman–Crippen MR) is 114 cm³/mol. The van der Waals surface area contributed by atoms with Gasteiger partial charge in [-0.05, 0) is 57.6 Å². The number of aromatic nitrogens is 1. The quantitative estimate of drug-likeness (QED) is 0.406. The Kier molecular flexibility index (Phi) is 7.09. The number of nitrogens with one attached hydrogen (secondary N) is 1. The highest BCUT2D eigenvalue weighted by molar-refractivity contribution is 9.10. The monoisotopic (exact) mass is 436 g/mol.